The zero-order valence-corrected chi connectivity index (χ0v) is 14.3. The van der Waals surface area contributed by atoms with Crippen molar-refractivity contribution in [1.82, 2.24) is 9.80 Å². The van der Waals surface area contributed by atoms with Crippen LogP contribution in [0.3, 0.4) is 0 Å². The van der Waals surface area contributed by atoms with Crippen LogP contribution >= 0.6 is 0 Å². The van der Waals surface area contributed by atoms with E-state index < -0.39 is 5.97 Å². The van der Waals surface area contributed by atoms with Gasteiger partial charge in [0.25, 0.3) is 0 Å². The fourth-order valence-electron chi connectivity index (χ4n) is 3.67. The number of nitrogens with zero attached hydrogens (tertiary/aromatic N) is 2. The summed E-state index contributed by atoms with van der Waals surface area (Å²) in [6.45, 7) is 10.8. The molecule has 1 heterocycles. The average Bonchev–Trinajstić information content (AvgIpc) is 2.78. The van der Waals surface area contributed by atoms with Crippen molar-refractivity contribution in [2.75, 3.05) is 39.8 Å². The molecule has 0 spiro atoms. The van der Waals surface area contributed by atoms with E-state index in [4.69, 9.17) is 9.84 Å². The predicted octanol–water partition coefficient (Wildman–Crippen LogP) is 0.912. The number of rotatable bonds is 5. The number of aliphatic carboxylic acids is 1. The fourth-order valence-corrected chi connectivity index (χ4v) is 3.67. The molecule has 2 rings (SSSR count). The van der Waals surface area contributed by atoms with Crippen LogP contribution in [0, 0.1) is 16.7 Å². The van der Waals surface area contributed by atoms with Gasteiger partial charge in [0, 0.05) is 25.6 Å². The van der Waals surface area contributed by atoms with Gasteiger partial charge >= 0.3 is 5.97 Å². The zero-order chi connectivity index (χ0) is 16.7. The maximum Gasteiger partial charge on any atom is 0.317 e. The Kier molecular flexibility index (Phi) is 4.55. The van der Waals surface area contributed by atoms with Crippen LogP contribution in [-0.4, -0.2) is 72.7 Å². The second kappa shape index (κ2) is 5.81. The summed E-state index contributed by atoms with van der Waals surface area (Å²) < 4.78 is 5.69. The van der Waals surface area contributed by atoms with E-state index in [0.29, 0.717) is 26.2 Å². The summed E-state index contributed by atoms with van der Waals surface area (Å²) in [7, 11) is 1.76. The first-order chi connectivity index (χ1) is 10.1. The Bertz CT molecular complexity index is 447. The molecule has 0 aromatic carbocycles. The highest BCUT2D eigenvalue weighted by Gasteiger charge is 2.68. The van der Waals surface area contributed by atoms with Gasteiger partial charge in [0.1, 0.15) is 0 Å². The smallest absolute Gasteiger partial charge is 0.317 e. The van der Waals surface area contributed by atoms with Crippen LogP contribution < -0.4 is 0 Å². The molecule has 0 aromatic heterocycles. The molecule has 2 aliphatic rings. The van der Waals surface area contributed by atoms with Crippen LogP contribution in [0.15, 0.2) is 0 Å². The predicted molar refractivity (Wildman–Crippen MR) is 82.5 cm³/mol. The minimum absolute atomic E-state index is 0.0174. The molecule has 126 valence electrons. The van der Waals surface area contributed by atoms with Gasteiger partial charge in [-0.25, -0.2) is 0 Å². The van der Waals surface area contributed by atoms with Crippen molar-refractivity contribution in [3.05, 3.63) is 0 Å². The molecule has 22 heavy (non-hydrogen) atoms. The molecule has 1 aliphatic carbocycles. The summed E-state index contributed by atoms with van der Waals surface area (Å²) in [5, 5.41) is 8.80. The first-order valence-electron chi connectivity index (χ1n) is 7.88. The first-order valence-corrected chi connectivity index (χ1v) is 7.88. The molecular formula is C16H28N2O4. The first kappa shape index (κ1) is 17.2. The molecule has 1 aliphatic heterocycles. The largest absolute Gasteiger partial charge is 0.480 e. The summed E-state index contributed by atoms with van der Waals surface area (Å²) in [5.41, 5.74) is 0.0793. The second-order valence-electron chi connectivity index (χ2n) is 7.74. The van der Waals surface area contributed by atoms with Crippen molar-refractivity contribution in [3.63, 3.8) is 0 Å². The molecule has 0 radical (unpaired) electrons. The molecule has 1 atom stereocenters. The summed E-state index contributed by atoms with van der Waals surface area (Å²) in [6.07, 6.45) is -0.118. The van der Waals surface area contributed by atoms with Gasteiger partial charge in [-0.3, -0.25) is 14.5 Å². The maximum atomic E-state index is 12.8. The Morgan fingerprint density at radius 1 is 1.27 bits per heavy atom. The summed E-state index contributed by atoms with van der Waals surface area (Å²) in [4.78, 5) is 27.1. The molecule has 1 N–H and O–H groups in total. The van der Waals surface area contributed by atoms with Crippen molar-refractivity contribution in [3.8, 4) is 0 Å². The normalized spacial score (nSPS) is 27.0. The lowest BCUT2D eigenvalue weighted by Crippen LogP contribution is -2.50. The van der Waals surface area contributed by atoms with Gasteiger partial charge in [-0.1, -0.05) is 27.7 Å². The minimum atomic E-state index is -0.854. The Morgan fingerprint density at radius 2 is 1.86 bits per heavy atom. The number of morpholine rings is 1. The van der Waals surface area contributed by atoms with Gasteiger partial charge in [-0.2, -0.15) is 0 Å². The van der Waals surface area contributed by atoms with Crippen molar-refractivity contribution in [2.45, 2.75) is 33.8 Å². The highest BCUT2D eigenvalue weighted by Crippen LogP contribution is 2.68. The SMILES string of the molecule is CN(CC(=O)O)CC1CN(C(=O)C2C(C)(C)C2(C)C)CCO1. The number of ether oxygens (including phenoxy) is 1. The van der Waals surface area contributed by atoms with Crippen LogP contribution in [0.25, 0.3) is 0 Å². The number of hydrogen-bond donors (Lipinski definition) is 1. The lowest BCUT2D eigenvalue weighted by molar-refractivity contribution is -0.144. The van der Waals surface area contributed by atoms with E-state index in [0.717, 1.165) is 0 Å². The molecule has 6 nitrogen and oxygen atoms in total. The third kappa shape index (κ3) is 3.13. The molecule has 1 unspecified atom stereocenters. The van der Waals surface area contributed by atoms with Crippen LogP contribution in [0.2, 0.25) is 0 Å². The Labute approximate surface area is 132 Å². The highest BCUT2D eigenvalue weighted by molar-refractivity contribution is 5.84. The molecule has 1 saturated heterocycles. The topological polar surface area (TPSA) is 70.1 Å². The lowest BCUT2D eigenvalue weighted by atomic mass is 10.0. The van der Waals surface area contributed by atoms with E-state index in [1.165, 1.54) is 0 Å². The van der Waals surface area contributed by atoms with Crippen molar-refractivity contribution in [2.24, 2.45) is 16.7 Å². The Balaban J connectivity index is 1.91. The molecule has 1 amide bonds. The zero-order valence-electron chi connectivity index (χ0n) is 14.3. The highest BCUT2D eigenvalue weighted by atomic mass is 16.5. The van der Waals surface area contributed by atoms with Gasteiger partial charge in [-0.05, 0) is 17.9 Å². The standard InChI is InChI=1S/C16H28N2O4/c1-15(2)13(16(15,3)4)14(21)18-6-7-22-11(9-18)8-17(5)10-12(19)20/h11,13H,6-10H2,1-5H3,(H,19,20). The van der Waals surface area contributed by atoms with E-state index in [-0.39, 0.29) is 35.3 Å². The number of hydrogen-bond acceptors (Lipinski definition) is 4. The van der Waals surface area contributed by atoms with Gasteiger partial charge in [-0.15, -0.1) is 0 Å². The average molecular weight is 312 g/mol. The van der Waals surface area contributed by atoms with Gasteiger partial charge in [0.05, 0.1) is 19.3 Å². The van der Waals surface area contributed by atoms with Crippen LogP contribution in [0.5, 0.6) is 0 Å². The maximum absolute atomic E-state index is 12.8. The number of carbonyl (C=O) groups excluding carboxylic acids is 1. The van der Waals surface area contributed by atoms with E-state index in [2.05, 4.69) is 27.7 Å². The summed E-state index contributed by atoms with van der Waals surface area (Å²) in [6, 6.07) is 0. The van der Waals surface area contributed by atoms with E-state index in [1.54, 1.807) is 11.9 Å². The molecule has 0 aromatic rings. The number of likely N-dealkylation sites (N-methyl/N-ethyl adjacent to an activating group) is 1. The van der Waals surface area contributed by atoms with E-state index in [1.807, 2.05) is 4.90 Å². The van der Waals surface area contributed by atoms with E-state index in [9.17, 15) is 9.59 Å². The second-order valence-corrected chi connectivity index (χ2v) is 7.74. The van der Waals surface area contributed by atoms with Crippen molar-refractivity contribution >= 4 is 11.9 Å². The minimum Gasteiger partial charge on any atom is -0.480 e. The van der Waals surface area contributed by atoms with Crippen LogP contribution in [-0.2, 0) is 14.3 Å². The van der Waals surface area contributed by atoms with E-state index >= 15 is 0 Å². The number of amides is 1. The monoisotopic (exact) mass is 312 g/mol. The number of carboxylic acid groups (broad SMARTS) is 1. The van der Waals surface area contributed by atoms with Crippen LogP contribution in [0.1, 0.15) is 27.7 Å². The molecule has 1 saturated carbocycles. The number of carbonyl (C=O) groups is 2. The molecular weight excluding hydrogens is 284 g/mol. The van der Waals surface area contributed by atoms with Crippen molar-refractivity contribution < 1.29 is 19.4 Å². The Hall–Kier alpha value is -1.14. The third-order valence-electron chi connectivity index (χ3n) is 5.64. The van der Waals surface area contributed by atoms with Gasteiger partial charge in [0.15, 0.2) is 0 Å². The molecule has 2 fully saturated rings. The summed E-state index contributed by atoms with van der Waals surface area (Å²) >= 11 is 0. The van der Waals surface area contributed by atoms with Crippen molar-refractivity contribution in [1.29, 1.82) is 0 Å². The number of carboxylic acids is 1. The van der Waals surface area contributed by atoms with Crippen LogP contribution in [0.4, 0.5) is 0 Å². The van der Waals surface area contributed by atoms with Gasteiger partial charge in [0.2, 0.25) is 5.91 Å². The lowest BCUT2D eigenvalue weighted by Gasteiger charge is -2.35. The quantitative estimate of drug-likeness (QED) is 0.817. The van der Waals surface area contributed by atoms with Gasteiger partial charge < -0.3 is 14.7 Å². The third-order valence-corrected chi connectivity index (χ3v) is 5.64. The molecule has 6 heteroatoms. The fraction of sp³-hybridized carbons (Fsp3) is 0.875. The summed E-state index contributed by atoms with van der Waals surface area (Å²) in [5.74, 6) is -0.576. The molecule has 0 bridgehead atoms. The Morgan fingerprint density at radius 3 is 2.36 bits per heavy atom.